The predicted octanol–water partition coefficient (Wildman–Crippen LogP) is -0.558. The van der Waals surface area contributed by atoms with Crippen LogP contribution in [-0.2, 0) is 19.2 Å². The van der Waals surface area contributed by atoms with Crippen LogP contribution in [0.3, 0.4) is 0 Å². The number of hydrogen-bond donors (Lipinski definition) is 5. The zero-order valence-corrected chi connectivity index (χ0v) is 18.4. The highest BCUT2D eigenvalue weighted by Crippen LogP contribution is 2.19. The van der Waals surface area contributed by atoms with Gasteiger partial charge in [0, 0.05) is 6.54 Å². The number of carbonyl (C=O) groups is 4. The molecular weight excluding hydrogens is 392 g/mol. The number of nitrogens with two attached hydrogens (primary N) is 1. The molecule has 1 aliphatic rings. The molecule has 10 heteroatoms. The number of aliphatic hydroxyl groups excluding tert-OH is 1. The summed E-state index contributed by atoms with van der Waals surface area (Å²) >= 11 is 0. The van der Waals surface area contributed by atoms with E-state index in [9.17, 15) is 29.4 Å². The molecule has 0 bridgehead atoms. The number of amides is 3. The van der Waals surface area contributed by atoms with Gasteiger partial charge in [0.05, 0.1) is 12.1 Å². The van der Waals surface area contributed by atoms with Crippen molar-refractivity contribution in [3.63, 3.8) is 0 Å². The molecule has 0 aliphatic carbocycles. The molecule has 1 aliphatic heterocycles. The molecule has 0 saturated carbocycles. The Morgan fingerprint density at radius 3 is 2.07 bits per heavy atom. The van der Waals surface area contributed by atoms with Gasteiger partial charge >= 0.3 is 5.97 Å². The SMILES string of the molecule is CC(C)CC(N)C(=O)NC(C(=O)NC(C(=O)N1CCCC1C(=O)O)C(C)O)C(C)C. The summed E-state index contributed by atoms with van der Waals surface area (Å²) in [4.78, 5) is 50.6. The monoisotopic (exact) mass is 428 g/mol. The Bertz CT molecular complexity index is 637. The highest BCUT2D eigenvalue weighted by atomic mass is 16.4. The fourth-order valence-electron chi connectivity index (χ4n) is 3.51. The molecule has 5 atom stereocenters. The molecule has 6 N–H and O–H groups in total. The Kier molecular flexibility index (Phi) is 9.70. The van der Waals surface area contributed by atoms with Crippen molar-refractivity contribution >= 4 is 23.7 Å². The van der Waals surface area contributed by atoms with Crippen LogP contribution in [0.5, 0.6) is 0 Å². The third-order valence-electron chi connectivity index (χ3n) is 5.18. The maximum Gasteiger partial charge on any atom is 0.326 e. The Hall–Kier alpha value is -2.20. The summed E-state index contributed by atoms with van der Waals surface area (Å²) < 4.78 is 0. The van der Waals surface area contributed by atoms with Gasteiger partial charge in [-0.15, -0.1) is 0 Å². The van der Waals surface area contributed by atoms with E-state index in [-0.39, 0.29) is 18.4 Å². The summed E-state index contributed by atoms with van der Waals surface area (Å²) in [5.41, 5.74) is 5.89. The molecule has 1 rings (SSSR count). The minimum Gasteiger partial charge on any atom is -0.480 e. The molecule has 5 unspecified atom stereocenters. The smallest absolute Gasteiger partial charge is 0.326 e. The molecule has 172 valence electrons. The maximum absolute atomic E-state index is 12.9. The summed E-state index contributed by atoms with van der Waals surface area (Å²) in [6.07, 6.45) is 0.0587. The van der Waals surface area contributed by atoms with Gasteiger partial charge in [-0.1, -0.05) is 27.7 Å². The third-order valence-corrected chi connectivity index (χ3v) is 5.18. The van der Waals surface area contributed by atoms with Crippen LogP contribution in [0.15, 0.2) is 0 Å². The van der Waals surface area contributed by atoms with Crippen molar-refractivity contribution in [2.75, 3.05) is 6.54 Å². The van der Waals surface area contributed by atoms with Crippen LogP contribution >= 0.6 is 0 Å². The lowest BCUT2D eigenvalue weighted by molar-refractivity contribution is -0.150. The quantitative estimate of drug-likeness (QED) is 0.311. The van der Waals surface area contributed by atoms with Crippen LogP contribution in [0.2, 0.25) is 0 Å². The molecule has 0 radical (unpaired) electrons. The zero-order valence-electron chi connectivity index (χ0n) is 18.4. The second kappa shape index (κ2) is 11.3. The minimum absolute atomic E-state index is 0.206. The largest absolute Gasteiger partial charge is 0.480 e. The number of rotatable bonds is 10. The van der Waals surface area contributed by atoms with Gasteiger partial charge in [-0.05, 0) is 38.0 Å². The fourth-order valence-corrected chi connectivity index (χ4v) is 3.51. The van der Waals surface area contributed by atoms with Crippen LogP contribution in [0.25, 0.3) is 0 Å². The normalized spacial score (nSPS) is 20.6. The van der Waals surface area contributed by atoms with Gasteiger partial charge in [0.1, 0.15) is 18.1 Å². The number of carboxylic acid groups (broad SMARTS) is 1. The third kappa shape index (κ3) is 6.94. The van der Waals surface area contributed by atoms with Crippen molar-refractivity contribution in [1.29, 1.82) is 0 Å². The zero-order chi connectivity index (χ0) is 23.2. The highest BCUT2D eigenvalue weighted by Gasteiger charge is 2.40. The van der Waals surface area contributed by atoms with Crippen LogP contribution in [0.1, 0.15) is 53.9 Å². The van der Waals surface area contributed by atoms with Crippen LogP contribution < -0.4 is 16.4 Å². The molecule has 1 saturated heterocycles. The maximum atomic E-state index is 12.9. The number of aliphatic carboxylic acids is 1. The Labute approximate surface area is 177 Å². The highest BCUT2D eigenvalue weighted by molar-refractivity contribution is 5.94. The van der Waals surface area contributed by atoms with Crippen molar-refractivity contribution in [2.45, 2.75) is 84.2 Å². The van der Waals surface area contributed by atoms with E-state index in [1.165, 1.54) is 11.8 Å². The average Bonchev–Trinajstić information content (AvgIpc) is 3.12. The van der Waals surface area contributed by atoms with Gasteiger partial charge in [-0.2, -0.15) is 0 Å². The molecule has 3 amide bonds. The van der Waals surface area contributed by atoms with E-state index in [2.05, 4.69) is 10.6 Å². The van der Waals surface area contributed by atoms with Crippen LogP contribution in [0, 0.1) is 11.8 Å². The first-order valence-corrected chi connectivity index (χ1v) is 10.4. The molecule has 1 fully saturated rings. The fraction of sp³-hybridized carbons (Fsp3) is 0.800. The van der Waals surface area contributed by atoms with Crippen molar-refractivity contribution in [3.8, 4) is 0 Å². The lowest BCUT2D eigenvalue weighted by Crippen LogP contribution is -2.60. The lowest BCUT2D eigenvalue weighted by atomic mass is 9.99. The molecule has 10 nitrogen and oxygen atoms in total. The second-order valence-electron chi connectivity index (χ2n) is 8.72. The van der Waals surface area contributed by atoms with E-state index in [4.69, 9.17) is 5.73 Å². The molecule has 0 aromatic carbocycles. The van der Waals surface area contributed by atoms with Gasteiger partial charge in [0.25, 0.3) is 0 Å². The van der Waals surface area contributed by atoms with E-state index in [1.54, 1.807) is 13.8 Å². The number of likely N-dealkylation sites (tertiary alicyclic amines) is 1. The second-order valence-corrected chi connectivity index (χ2v) is 8.72. The van der Waals surface area contributed by atoms with E-state index in [1.807, 2.05) is 13.8 Å². The van der Waals surface area contributed by atoms with Crippen molar-refractivity contribution in [1.82, 2.24) is 15.5 Å². The summed E-state index contributed by atoms with van der Waals surface area (Å²) in [6, 6.07) is -4.03. The van der Waals surface area contributed by atoms with Crippen molar-refractivity contribution in [3.05, 3.63) is 0 Å². The molecule has 1 heterocycles. The summed E-state index contributed by atoms with van der Waals surface area (Å²) in [5.74, 6) is -2.99. The molecule has 0 aromatic heterocycles. The van der Waals surface area contributed by atoms with Gasteiger partial charge in [0.15, 0.2) is 0 Å². The lowest BCUT2D eigenvalue weighted by Gasteiger charge is -2.31. The van der Waals surface area contributed by atoms with E-state index < -0.39 is 54.0 Å². The molecule has 0 aromatic rings. The average molecular weight is 429 g/mol. The minimum atomic E-state index is -1.32. The number of nitrogens with one attached hydrogen (secondary N) is 2. The van der Waals surface area contributed by atoms with Crippen LogP contribution in [-0.4, -0.2) is 75.6 Å². The van der Waals surface area contributed by atoms with E-state index >= 15 is 0 Å². The first kappa shape index (κ1) is 25.8. The number of nitrogens with zero attached hydrogens (tertiary/aromatic N) is 1. The van der Waals surface area contributed by atoms with Gasteiger partial charge in [0.2, 0.25) is 17.7 Å². The Balaban J connectivity index is 2.92. The summed E-state index contributed by atoms with van der Waals surface area (Å²) in [7, 11) is 0. The molecule has 30 heavy (non-hydrogen) atoms. The van der Waals surface area contributed by atoms with Crippen LogP contribution in [0.4, 0.5) is 0 Å². The topological polar surface area (TPSA) is 162 Å². The predicted molar refractivity (Wildman–Crippen MR) is 110 cm³/mol. The number of carbonyl (C=O) groups excluding carboxylic acids is 3. The van der Waals surface area contributed by atoms with Crippen molar-refractivity contribution in [2.24, 2.45) is 17.6 Å². The van der Waals surface area contributed by atoms with E-state index in [0.29, 0.717) is 19.3 Å². The first-order valence-electron chi connectivity index (χ1n) is 10.4. The van der Waals surface area contributed by atoms with Gasteiger partial charge < -0.3 is 31.5 Å². The molecular formula is C20H36N4O6. The summed E-state index contributed by atoms with van der Waals surface area (Å²) in [6.45, 7) is 8.92. The first-order chi connectivity index (χ1) is 13.9. The Morgan fingerprint density at radius 1 is 1.03 bits per heavy atom. The summed E-state index contributed by atoms with van der Waals surface area (Å²) in [5, 5.41) is 24.5. The van der Waals surface area contributed by atoms with Crippen molar-refractivity contribution < 1.29 is 29.4 Å². The standard InChI is InChI=1S/C20H36N4O6/c1-10(2)9-13(21)17(26)22-15(11(3)4)18(27)23-16(12(5)25)19(28)24-8-6-7-14(24)20(29)30/h10-16,25H,6-9,21H2,1-5H3,(H,22,26)(H,23,27)(H,29,30). The van der Waals surface area contributed by atoms with E-state index in [0.717, 1.165) is 0 Å². The Morgan fingerprint density at radius 2 is 1.60 bits per heavy atom. The number of aliphatic hydroxyl groups is 1. The number of carboxylic acids is 1. The number of hydrogen-bond acceptors (Lipinski definition) is 6. The van der Waals surface area contributed by atoms with Gasteiger partial charge in [-0.25, -0.2) is 4.79 Å². The molecule has 0 spiro atoms. The van der Waals surface area contributed by atoms with Gasteiger partial charge in [-0.3, -0.25) is 14.4 Å².